The number of fused-ring (bicyclic) bond motifs is 1. The second kappa shape index (κ2) is 20.3. The largest absolute Gasteiger partial charge is 0.508 e. The molecule has 0 aliphatic carbocycles. The first-order chi connectivity index (χ1) is 32.7. The van der Waals surface area contributed by atoms with Gasteiger partial charge in [-0.05, 0) is 48.0 Å². The molecule has 0 unspecified atom stereocenters. The van der Waals surface area contributed by atoms with E-state index in [0.717, 1.165) is 30.4 Å². The second-order valence-electron chi connectivity index (χ2n) is 15.6. The Morgan fingerprint density at radius 2 is 1.20 bits per heavy atom. The van der Waals surface area contributed by atoms with Gasteiger partial charge in [0.25, 0.3) is 0 Å². The maximum atomic E-state index is 13.3. The van der Waals surface area contributed by atoms with Gasteiger partial charge in [-0.3, -0.25) is 4.79 Å². The molecule has 1 aromatic heterocycles. The summed E-state index contributed by atoms with van der Waals surface area (Å²) < 4.78 is 50.3. The van der Waals surface area contributed by atoms with E-state index in [0.29, 0.717) is 0 Å². The van der Waals surface area contributed by atoms with Crippen molar-refractivity contribution in [1.82, 2.24) is 0 Å². The molecule has 3 aliphatic heterocycles. The third kappa shape index (κ3) is 10.4. The average molecular weight is 975 g/mol. The van der Waals surface area contributed by atoms with E-state index in [4.69, 9.17) is 42.3 Å². The minimum absolute atomic E-state index is 0.00564. The molecule has 3 fully saturated rings. The molecular formula is C43H42O26. The number of esters is 1. The molecule has 15 atom stereocenters. The van der Waals surface area contributed by atoms with Crippen LogP contribution in [0.15, 0.2) is 76.0 Å². The molecular weight excluding hydrogens is 932 g/mol. The summed E-state index contributed by atoms with van der Waals surface area (Å²) in [7, 11) is 1.26. The number of phenols is 3. The number of phenolic OH excluding ortho intramolecular Hbond substituents is 3. The highest BCUT2D eigenvalue weighted by molar-refractivity contribution is 5.88. The van der Waals surface area contributed by atoms with Crippen molar-refractivity contribution >= 4 is 40.9 Å². The number of benzene rings is 3. The summed E-state index contributed by atoms with van der Waals surface area (Å²) in [5.74, 6) is -8.85. The number of aromatic hydroxyl groups is 3. The van der Waals surface area contributed by atoms with Crippen molar-refractivity contribution in [3.63, 3.8) is 0 Å². The van der Waals surface area contributed by atoms with Gasteiger partial charge in [0.05, 0.1) is 7.11 Å². The fraction of sp³-hybridized carbons (Fsp3) is 0.372. The van der Waals surface area contributed by atoms with E-state index in [1.807, 2.05) is 0 Å². The fourth-order valence-corrected chi connectivity index (χ4v) is 7.52. The van der Waals surface area contributed by atoms with Gasteiger partial charge in [-0.15, -0.1) is 0 Å². The SMILES string of the molecule is COc1cc(/C=C/C(=O)O[C@H]2[C@H](O[C@H]3[C@H](Oc4cc(O)c5c(=O)cc(-c6ccc(O)cc6)oc5c4)O[C@H](C(=O)O)[C@@H](O)[C@@H]3O[C@@H]3O[C@H](C(=O)O)[C@@H](O)[C@H](O)[C@H]3O)O[C@H](C(=O)O)[C@@H](O)[C@@H]2O)ccc1O. The zero-order chi connectivity index (χ0) is 50.2. The van der Waals surface area contributed by atoms with E-state index in [1.165, 1.54) is 49.6 Å². The Morgan fingerprint density at radius 1 is 0.609 bits per heavy atom. The van der Waals surface area contributed by atoms with Crippen molar-refractivity contribution in [3.05, 3.63) is 82.5 Å². The molecule has 12 N–H and O–H groups in total. The number of hydrogen-bond donors (Lipinski definition) is 12. The van der Waals surface area contributed by atoms with Gasteiger partial charge in [-0.25, -0.2) is 19.2 Å². The first-order valence-electron chi connectivity index (χ1n) is 20.2. The molecule has 69 heavy (non-hydrogen) atoms. The highest BCUT2D eigenvalue weighted by Crippen LogP contribution is 2.38. The molecule has 3 saturated heterocycles. The number of carboxylic acids is 3. The van der Waals surface area contributed by atoms with Gasteiger partial charge in [0.1, 0.15) is 76.7 Å². The predicted octanol–water partition coefficient (Wildman–Crippen LogP) is -2.05. The van der Waals surface area contributed by atoms with Gasteiger partial charge in [0, 0.05) is 29.8 Å². The van der Waals surface area contributed by atoms with Crippen LogP contribution in [0, 0.1) is 0 Å². The highest BCUT2D eigenvalue weighted by atomic mass is 16.8. The predicted molar refractivity (Wildman–Crippen MR) is 220 cm³/mol. The van der Waals surface area contributed by atoms with Gasteiger partial charge < -0.3 is 104 Å². The molecule has 370 valence electrons. The maximum absolute atomic E-state index is 13.3. The summed E-state index contributed by atoms with van der Waals surface area (Å²) in [5.41, 5.74) is -0.612. The minimum atomic E-state index is -2.52. The number of hydrogen-bond acceptors (Lipinski definition) is 23. The van der Waals surface area contributed by atoms with Gasteiger partial charge in [0.2, 0.25) is 6.29 Å². The van der Waals surface area contributed by atoms with Crippen molar-refractivity contribution in [2.24, 2.45) is 0 Å². The standard InChI is InChI=1S/C43H42O26/c1-61-22-10-14(2-8-18(22)45)3-9-24(48)64-36-29(52)28(51)34(39(57)58)67-42(36)69-37-32(65-41-30(53)26(49)27(50)33(66-41)38(55)56)31(54)35(40(59)60)68-43(37)62-17-11-19(46)25-20(47)13-21(63-23(25)12-17)15-4-6-16(44)7-5-15/h2-13,26-37,41-46,49-54H,1H3,(H,55,56)(H,57,58)(H,59,60)/b9-3+/t26-,27-,28-,29-,30+,31-,32-,33-,34-,35-,36+,37+,41+,42-,43+/m0/s1. The second-order valence-corrected chi connectivity index (χ2v) is 15.6. The van der Waals surface area contributed by atoms with Crippen LogP contribution in [-0.2, 0) is 47.6 Å². The van der Waals surface area contributed by atoms with Crippen LogP contribution in [0.1, 0.15) is 5.56 Å². The summed E-state index contributed by atoms with van der Waals surface area (Å²) in [6, 6.07) is 12.1. The lowest BCUT2D eigenvalue weighted by atomic mass is 9.95. The Morgan fingerprint density at radius 3 is 1.84 bits per heavy atom. The van der Waals surface area contributed by atoms with Crippen molar-refractivity contribution in [2.45, 2.75) is 92.1 Å². The molecule has 7 rings (SSSR count). The van der Waals surface area contributed by atoms with Crippen LogP contribution in [0.4, 0.5) is 0 Å². The molecule has 4 heterocycles. The Bertz CT molecular complexity index is 2650. The normalized spacial score (nSPS) is 31.5. The Hall–Kier alpha value is -6.95. The number of carbonyl (C=O) groups is 4. The molecule has 0 saturated carbocycles. The van der Waals surface area contributed by atoms with Crippen LogP contribution >= 0.6 is 0 Å². The van der Waals surface area contributed by atoms with E-state index in [2.05, 4.69) is 0 Å². The Labute approximate surface area is 385 Å². The van der Waals surface area contributed by atoms with Gasteiger partial charge in [-0.1, -0.05) is 6.07 Å². The van der Waals surface area contributed by atoms with E-state index in [1.54, 1.807) is 0 Å². The first kappa shape index (κ1) is 49.9. The van der Waals surface area contributed by atoms with Gasteiger partial charge >= 0.3 is 23.9 Å². The van der Waals surface area contributed by atoms with Crippen LogP contribution in [0.5, 0.6) is 28.7 Å². The third-order valence-electron chi connectivity index (χ3n) is 11.0. The first-order valence-corrected chi connectivity index (χ1v) is 20.2. The number of carboxylic acid groups (broad SMARTS) is 3. The lowest BCUT2D eigenvalue weighted by molar-refractivity contribution is -0.377. The number of aliphatic hydroxyl groups excluding tert-OH is 6. The zero-order valence-electron chi connectivity index (χ0n) is 35.2. The van der Waals surface area contributed by atoms with Gasteiger partial charge in [-0.2, -0.15) is 0 Å². The molecule has 0 bridgehead atoms. The van der Waals surface area contributed by atoms with Crippen molar-refractivity contribution in [3.8, 4) is 40.1 Å². The number of aliphatic hydroxyl groups is 6. The number of rotatable bonds is 14. The smallest absolute Gasteiger partial charge is 0.335 e. The summed E-state index contributed by atoms with van der Waals surface area (Å²) in [5, 5.41) is 126. The average Bonchev–Trinajstić information content (AvgIpc) is 3.29. The lowest BCUT2D eigenvalue weighted by Crippen LogP contribution is -2.68. The van der Waals surface area contributed by atoms with E-state index >= 15 is 0 Å². The number of aliphatic carboxylic acids is 3. The quantitative estimate of drug-likeness (QED) is 0.0478. The molecule has 0 radical (unpaired) electrons. The number of methoxy groups -OCH3 is 1. The molecule has 4 aromatic rings. The third-order valence-corrected chi connectivity index (χ3v) is 11.0. The van der Waals surface area contributed by atoms with Crippen molar-refractivity contribution in [2.75, 3.05) is 7.11 Å². The molecule has 3 aromatic carbocycles. The van der Waals surface area contributed by atoms with Gasteiger partial charge in [0.15, 0.2) is 60.0 Å². The number of ether oxygens (including phenoxy) is 8. The van der Waals surface area contributed by atoms with Crippen LogP contribution in [-0.4, -0.2) is 184 Å². The summed E-state index contributed by atoms with van der Waals surface area (Å²) in [4.78, 5) is 63.4. The minimum Gasteiger partial charge on any atom is -0.508 e. The van der Waals surface area contributed by atoms with Crippen molar-refractivity contribution in [1.29, 1.82) is 0 Å². The van der Waals surface area contributed by atoms with Crippen LogP contribution in [0.2, 0.25) is 0 Å². The van der Waals surface area contributed by atoms with Crippen molar-refractivity contribution < 1.29 is 123 Å². The van der Waals surface area contributed by atoms with E-state index in [9.17, 15) is 85.3 Å². The zero-order valence-corrected chi connectivity index (χ0v) is 35.2. The molecule has 0 amide bonds. The van der Waals surface area contributed by atoms with Crippen LogP contribution < -0.4 is 14.9 Å². The van der Waals surface area contributed by atoms with Crippen LogP contribution in [0.3, 0.4) is 0 Å². The molecule has 3 aliphatic rings. The monoisotopic (exact) mass is 974 g/mol. The Balaban J connectivity index is 1.31. The Kier molecular flexibility index (Phi) is 14.7. The van der Waals surface area contributed by atoms with Crippen LogP contribution in [0.25, 0.3) is 28.4 Å². The molecule has 26 nitrogen and oxygen atoms in total. The maximum Gasteiger partial charge on any atom is 0.335 e. The van der Waals surface area contributed by atoms with E-state index < -0.39 is 138 Å². The molecule has 0 spiro atoms. The summed E-state index contributed by atoms with van der Waals surface area (Å²) in [6.45, 7) is 0. The fourth-order valence-electron chi connectivity index (χ4n) is 7.52. The summed E-state index contributed by atoms with van der Waals surface area (Å²) >= 11 is 0. The van der Waals surface area contributed by atoms with E-state index in [-0.39, 0.29) is 39.7 Å². The lowest BCUT2D eigenvalue weighted by Gasteiger charge is -2.48. The summed E-state index contributed by atoms with van der Waals surface area (Å²) in [6.07, 6.45) is -33.7. The topological polar surface area (TPSA) is 415 Å². The molecule has 26 heteroatoms. The highest BCUT2D eigenvalue weighted by Gasteiger charge is 2.58. The number of carbonyl (C=O) groups excluding carboxylic acids is 1.